The molecule has 6 nitrogen and oxygen atoms in total. The summed E-state index contributed by atoms with van der Waals surface area (Å²) in [6.07, 6.45) is 9.61. The van der Waals surface area contributed by atoms with Crippen molar-refractivity contribution in [3.63, 3.8) is 0 Å². The molecular formula is C18H30N2O4. The average Bonchev–Trinajstić information content (AvgIpc) is 2.62. The second kappa shape index (κ2) is 9.79. The van der Waals surface area contributed by atoms with E-state index in [4.69, 9.17) is 4.74 Å². The van der Waals surface area contributed by atoms with Crippen LogP contribution < -0.4 is 10.6 Å². The summed E-state index contributed by atoms with van der Waals surface area (Å²) >= 11 is 0. The zero-order valence-electron chi connectivity index (χ0n) is 14.5. The third kappa shape index (κ3) is 5.91. The molecule has 2 aliphatic rings. The predicted octanol–water partition coefficient (Wildman–Crippen LogP) is 1.28. The Hall–Kier alpha value is -1.40. The molecule has 1 aliphatic carbocycles. The van der Waals surface area contributed by atoms with Gasteiger partial charge in [-0.05, 0) is 18.8 Å². The molecule has 1 saturated carbocycles. The highest BCUT2D eigenvalue weighted by atomic mass is 16.5. The zero-order chi connectivity index (χ0) is 17.4. The van der Waals surface area contributed by atoms with Gasteiger partial charge in [0.05, 0.1) is 25.2 Å². The van der Waals surface area contributed by atoms with Gasteiger partial charge in [0.1, 0.15) is 6.10 Å². The lowest BCUT2D eigenvalue weighted by atomic mass is 9.89. The van der Waals surface area contributed by atoms with Gasteiger partial charge in [-0.25, -0.2) is 0 Å². The van der Waals surface area contributed by atoms with Crippen LogP contribution in [0.25, 0.3) is 0 Å². The van der Waals surface area contributed by atoms with E-state index >= 15 is 0 Å². The number of carbonyl (C=O) groups excluding carboxylic acids is 2. The Morgan fingerprint density at radius 3 is 2.58 bits per heavy atom. The number of aliphatic hydroxyl groups is 1. The van der Waals surface area contributed by atoms with Gasteiger partial charge in [0, 0.05) is 13.0 Å². The van der Waals surface area contributed by atoms with Crippen LogP contribution in [0.15, 0.2) is 12.2 Å². The lowest BCUT2D eigenvalue weighted by Gasteiger charge is -2.31. The first-order chi connectivity index (χ1) is 11.6. The summed E-state index contributed by atoms with van der Waals surface area (Å²) in [4.78, 5) is 23.6. The van der Waals surface area contributed by atoms with E-state index in [1.165, 1.54) is 32.1 Å². The summed E-state index contributed by atoms with van der Waals surface area (Å²) in [5.74, 6) is 0.489. The summed E-state index contributed by atoms with van der Waals surface area (Å²) in [7, 11) is 0. The van der Waals surface area contributed by atoms with Gasteiger partial charge in [0.25, 0.3) is 0 Å². The maximum Gasteiger partial charge on any atom is 0.222 e. The lowest BCUT2D eigenvalue weighted by molar-refractivity contribution is -0.128. The highest BCUT2D eigenvalue weighted by Crippen LogP contribution is 2.23. The van der Waals surface area contributed by atoms with E-state index in [2.05, 4.69) is 10.6 Å². The van der Waals surface area contributed by atoms with Crippen LogP contribution >= 0.6 is 0 Å². The van der Waals surface area contributed by atoms with Crippen LogP contribution in [-0.4, -0.2) is 48.3 Å². The minimum Gasteiger partial charge on any atom is -0.394 e. The normalized spacial score (nSPS) is 27.7. The monoisotopic (exact) mass is 338 g/mol. The van der Waals surface area contributed by atoms with Crippen LogP contribution in [0.3, 0.4) is 0 Å². The molecule has 3 atom stereocenters. The molecule has 0 spiro atoms. The van der Waals surface area contributed by atoms with Crippen molar-refractivity contribution < 1.29 is 19.4 Å². The number of hydrogen-bond acceptors (Lipinski definition) is 4. The molecule has 0 bridgehead atoms. The van der Waals surface area contributed by atoms with Crippen LogP contribution in [0.4, 0.5) is 0 Å². The third-order valence-electron chi connectivity index (χ3n) is 4.81. The number of aliphatic hydroxyl groups excluding tert-OH is 1. The number of amides is 2. The van der Waals surface area contributed by atoms with Crippen LogP contribution in [0, 0.1) is 5.92 Å². The summed E-state index contributed by atoms with van der Waals surface area (Å²) in [5, 5.41) is 15.3. The Balaban J connectivity index is 1.76. The second-order valence-electron chi connectivity index (χ2n) is 6.74. The van der Waals surface area contributed by atoms with Crippen molar-refractivity contribution in [2.45, 2.75) is 70.1 Å². The number of nitrogens with one attached hydrogen (secondary N) is 2. The van der Waals surface area contributed by atoms with E-state index in [1.54, 1.807) is 13.0 Å². The molecule has 0 aromatic rings. The molecule has 136 valence electrons. The van der Waals surface area contributed by atoms with Gasteiger partial charge in [-0.3, -0.25) is 9.59 Å². The molecule has 0 unspecified atom stereocenters. The molecule has 0 radical (unpaired) electrons. The first kappa shape index (κ1) is 18.9. The molecule has 1 fully saturated rings. The lowest BCUT2D eigenvalue weighted by Crippen LogP contribution is -2.49. The van der Waals surface area contributed by atoms with Gasteiger partial charge in [0.2, 0.25) is 11.8 Å². The molecule has 0 aromatic carbocycles. The van der Waals surface area contributed by atoms with E-state index < -0.39 is 6.10 Å². The van der Waals surface area contributed by atoms with Crippen molar-refractivity contribution in [1.29, 1.82) is 0 Å². The van der Waals surface area contributed by atoms with Gasteiger partial charge >= 0.3 is 0 Å². The molecular weight excluding hydrogens is 308 g/mol. The maximum absolute atomic E-state index is 12.1. The largest absolute Gasteiger partial charge is 0.394 e. The van der Waals surface area contributed by atoms with Gasteiger partial charge in [-0.2, -0.15) is 0 Å². The van der Waals surface area contributed by atoms with Crippen LogP contribution in [-0.2, 0) is 14.3 Å². The molecule has 1 aliphatic heterocycles. The fraction of sp³-hybridized carbons (Fsp3) is 0.778. The fourth-order valence-corrected chi connectivity index (χ4v) is 3.33. The highest BCUT2D eigenvalue weighted by molar-refractivity contribution is 5.77. The van der Waals surface area contributed by atoms with Crippen molar-refractivity contribution in [3.8, 4) is 0 Å². The standard InChI is InChI=1S/C18H30N2O4/c1-2-17(22)20-15-9-8-14(24-16(15)12-21)10-18(23)19-11-13-6-4-3-5-7-13/h8-9,13-16,21H,2-7,10-12H2,1H3,(H,19,23)(H,20,22)/t14-,15+,16+/m1/s1. The van der Waals surface area contributed by atoms with E-state index in [0.717, 1.165) is 6.54 Å². The molecule has 2 rings (SSSR count). The Bertz CT molecular complexity index is 446. The first-order valence-electron chi connectivity index (χ1n) is 9.13. The van der Waals surface area contributed by atoms with Gasteiger partial charge in [0.15, 0.2) is 0 Å². The topological polar surface area (TPSA) is 87.7 Å². The van der Waals surface area contributed by atoms with E-state index in [9.17, 15) is 14.7 Å². The Labute approximate surface area is 144 Å². The first-order valence-corrected chi connectivity index (χ1v) is 9.13. The minimum atomic E-state index is -0.512. The van der Waals surface area contributed by atoms with Crippen molar-refractivity contribution in [2.75, 3.05) is 13.2 Å². The Kier molecular flexibility index (Phi) is 7.72. The van der Waals surface area contributed by atoms with Gasteiger partial charge in [-0.1, -0.05) is 38.3 Å². The second-order valence-corrected chi connectivity index (χ2v) is 6.74. The maximum atomic E-state index is 12.1. The molecule has 3 N–H and O–H groups in total. The van der Waals surface area contributed by atoms with E-state index in [0.29, 0.717) is 12.3 Å². The number of hydrogen-bond donors (Lipinski definition) is 3. The van der Waals surface area contributed by atoms with Crippen molar-refractivity contribution >= 4 is 11.8 Å². The van der Waals surface area contributed by atoms with E-state index in [1.807, 2.05) is 6.08 Å². The van der Waals surface area contributed by atoms with Crippen LogP contribution in [0.1, 0.15) is 51.9 Å². The summed E-state index contributed by atoms with van der Waals surface area (Å²) < 4.78 is 5.74. The number of rotatable bonds is 7. The Morgan fingerprint density at radius 2 is 1.92 bits per heavy atom. The van der Waals surface area contributed by atoms with Gasteiger partial charge in [-0.15, -0.1) is 0 Å². The summed E-state index contributed by atoms with van der Waals surface area (Å²) in [6, 6.07) is -0.344. The average molecular weight is 338 g/mol. The molecule has 0 aromatic heterocycles. The summed E-state index contributed by atoms with van der Waals surface area (Å²) in [5.41, 5.74) is 0. The predicted molar refractivity (Wildman–Crippen MR) is 91.3 cm³/mol. The number of ether oxygens (including phenoxy) is 1. The quantitative estimate of drug-likeness (QED) is 0.610. The SMILES string of the molecule is CCC(=O)N[C@H]1C=C[C@H](CC(=O)NCC2CCCCC2)O[C@H]1CO. The molecule has 0 saturated heterocycles. The van der Waals surface area contributed by atoms with Crippen molar-refractivity contribution in [3.05, 3.63) is 12.2 Å². The smallest absolute Gasteiger partial charge is 0.222 e. The molecule has 2 amide bonds. The number of carbonyl (C=O) groups is 2. The molecule has 24 heavy (non-hydrogen) atoms. The van der Waals surface area contributed by atoms with Crippen LogP contribution in [0.5, 0.6) is 0 Å². The summed E-state index contributed by atoms with van der Waals surface area (Å²) in [6.45, 7) is 2.32. The van der Waals surface area contributed by atoms with E-state index in [-0.39, 0.29) is 37.0 Å². The molecule has 1 heterocycles. The Morgan fingerprint density at radius 1 is 1.17 bits per heavy atom. The fourth-order valence-electron chi connectivity index (χ4n) is 3.33. The van der Waals surface area contributed by atoms with Crippen LogP contribution in [0.2, 0.25) is 0 Å². The van der Waals surface area contributed by atoms with Crippen molar-refractivity contribution in [1.82, 2.24) is 10.6 Å². The third-order valence-corrected chi connectivity index (χ3v) is 4.81. The van der Waals surface area contributed by atoms with Gasteiger partial charge < -0.3 is 20.5 Å². The minimum absolute atomic E-state index is 0.0250. The highest BCUT2D eigenvalue weighted by Gasteiger charge is 2.28. The molecule has 6 heteroatoms. The zero-order valence-corrected chi connectivity index (χ0v) is 14.5. The van der Waals surface area contributed by atoms with Crippen molar-refractivity contribution in [2.24, 2.45) is 5.92 Å².